The molecule has 11 nitrogen and oxygen atoms in total. The molecule has 2 aromatic carbocycles. The largest absolute Gasteiger partial charge is 0.507 e. The Bertz CT molecular complexity index is 1540. The maximum atomic E-state index is 12.8. The van der Waals surface area contributed by atoms with E-state index in [1.807, 2.05) is 5.32 Å². The summed E-state index contributed by atoms with van der Waals surface area (Å²) < 4.78 is 43.4. The summed E-state index contributed by atoms with van der Waals surface area (Å²) in [5.41, 5.74) is 8.69. The molecule has 226 valence electrons. The molecule has 1 atom stereocenters. The normalized spacial score (nSPS) is 14.8. The van der Waals surface area contributed by atoms with Gasteiger partial charge in [0.2, 0.25) is 5.91 Å². The number of rotatable bonds is 10. The Morgan fingerprint density at radius 1 is 1.21 bits per heavy atom. The van der Waals surface area contributed by atoms with Gasteiger partial charge in [-0.3, -0.25) is 9.59 Å². The predicted molar refractivity (Wildman–Crippen MR) is 154 cm³/mol. The molecule has 1 aliphatic heterocycles. The number of nitrogens with one attached hydrogen (secondary N) is 3. The Balaban J connectivity index is 1.71. The van der Waals surface area contributed by atoms with E-state index >= 15 is 0 Å². The number of hydrogen-bond acceptors (Lipinski definition) is 9. The number of ether oxygens (including phenoxy) is 1. The van der Waals surface area contributed by atoms with Gasteiger partial charge >= 0.3 is 12.1 Å². The fraction of sp³-hybridized carbons (Fsp3) is 0.310. The Morgan fingerprint density at radius 3 is 2.67 bits per heavy atom. The number of aromatic hydroxyl groups is 1. The highest BCUT2D eigenvalue weighted by molar-refractivity contribution is 5.97. The number of carbonyl (C=O) groups is 2. The number of pyridine rings is 1. The number of nitrogens with zero attached hydrogens (tertiary/aromatic N) is 3. The van der Waals surface area contributed by atoms with Gasteiger partial charge in [-0.15, -0.1) is 0 Å². The van der Waals surface area contributed by atoms with Gasteiger partial charge in [-0.1, -0.05) is 18.2 Å². The predicted octanol–water partition coefficient (Wildman–Crippen LogP) is 3.01. The van der Waals surface area contributed by atoms with Gasteiger partial charge in [-0.2, -0.15) is 18.4 Å². The summed E-state index contributed by atoms with van der Waals surface area (Å²) in [4.78, 5) is 30.4. The number of nitrogen functional groups attached to an aromatic ring is 1. The third-order valence-corrected chi connectivity index (χ3v) is 6.81. The van der Waals surface area contributed by atoms with E-state index < -0.39 is 18.1 Å². The molecule has 14 heteroatoms. The Labute approximate surface area is 245 Å². The molecule has 1 unspecified atom stereocenters. The van der Waals surface area contributed by atoms with E-state index in [1.54, 1.807) is 47.4 Å². The van der Waals surface area contributed by atoms with Crippen molar-refractivity contribution in [2.24, 2.45) is 0 Å². The minimum atomic E-state index is -5.00. The minimum absolute atomic E-state index is 0.0319. The zero-order valence-corrected chi connectivity index (χ0v) is 23.2. The summed E-state index contributed by atoms with van der Waals surface area (Å²) in [7, 11) is 1.53. The molecule has 1 aliphatic rings. The van der Waals surface area contributed by atoms with Crippen molar-refractivity contribution in [1.29, 1.82) is 5.26 Å². The van der Waals surface area contributed by atoms with Crippen molar-refractivity contribution in [1.82, 2.24) is 15.6 Å². The molecule has 2 heterocycles. The van der Waals surface area contributed by atoms with Gasteiger partial charge in [0.25, 0.3) is 0 Å². The maximum Gasteiger partial charge on any atom is 0.471 e. The standard InChI is InChI=1S/C29H30F3N7O4/c1-43-11-9-35-15-26(41)37-23-12-17(6-7-24(23)39-10-8-18(16-39)36-28(42)29(30,31)32)20-13-22(38-27(34)21(20)14-33)19-4-2-3-5-25(19)40/h2-7,12-13,18,35,40H,8-11,15-16H2,1H3,(H2,34,38)(H,36,42)(H,37,41). The number of nitrogens with two attached hydrogens (primary N) is 1. The highest BCUT2D eigenvalue weighted by Crippen LogP contribution is 2.38. The van der Waals surface area contributed by atoms with Gasteiger partial charge < -0.3 is 36.4 Å². The molecule has 1 saturated heterocycles. The van der Waals surface area contributed by atoms with Crippen molar-refractivity contribution >= 4 is 29.0 Å². The summed E-state index contributed by atoms with van der Waals surface area (Å²) in [5.74, 6) is -2.49. The van der Waals surface area contributed by atoms with E-state index in [4.69, 9.17) is 10.5 Å². The first-order valence-corrected chi connectivity index (χ1v) is 13.3. The lowest BCUT2D eigenvalue weighted by Crippen LogP contribution is -2.44. The molecule has 6 N–H and O–H groups in total. The van der Waals surface area contributed by atoms with Gasteiger partial charge in [0.15, 0.2) is 0 Å². The number of anilines is 3. The van der Waals surface area contributed by atoms with Crippen LogP contribution in [0.15, 0.2) is 48.5 Å². The van der Waals surface area contributed by atoms with Crippen molar-refractivity contribution in [3.63, 3.8) is 0 Å². The number of carbonyl (C=O) groups excluding carboxylic acids is 2. The van der Waals surface area contributed by atoms with Crippen molar-refractivity contribution in [3.05, 3.63) is 54.1 Å². The Morgan fingerprint density at radius 2 is 1.98 bits per heavy atom. The van der Waals surface area contributed by atoms with Crippen LogP contribution in [0.3, 0.4) is 0 Å². The van der Waals surface area contributed by atoms with Crippen LogP contribution in [-0.4, -0.2) is 74.0 Å². The Kier molecular flexibility index (Phi) is 9.69. The van der Waals surface area contributed by atoms with Crippen LogP contribution in [0, 0.1) is 11.3 Å². The van der Waals surface area contributed by atoms with Crippen LogP contribution < -0.4 is 26.6 Å². The summed E-state index contributed by atoms with van der Waals surface area (Å²) in [5, 5.41) is 28.1. The quantitative estimate of drug-likeness (QED) is 0.221. The lowest BCUT2D eigenvalue weighted by molar-refractivity contribution is -0.174. The molecule has 43 heavy (non-hydrogen) atoms. The van der Waals surface area contributed by atoms with Gasteiger partial charge in [-0.05, 0) is 42.3 Å². The van der Waals surface area contributed by atoms with Gasteiger partial charge in [0, 0.05) is 43.9 Å². The molecule has 4 rings (SSSR count). The summed E-state index contributed by atoms with van der Waals surface area (Å²) in [6, 6.07) is 14.4. The fourth-order valence-corrected chi connectivity index (χ4v) is 4.75. The third kappa shape index (κ3) is 7.51. The van der Waals surface area contributed by atoms with Gasteiger partial charge in [0.05, 0.1) is 30.2 Å². The number of benzene rings is 2. The Hall–Kier alpha value is -4.87. The second kappa shape index (κ2) is 13.4. The van der Waals surface area contributed by atoms with Crippen molar-refractivity contribution in [2.75, 3.05) is 55.8 Å². The first kappa shape index (κ1) is 31.1. The molecule has 0 radical (unpaired) electrons. The smallest absolute Gasteiger partial charge is 0.471 e. The SMILES string of the molecule is COCCNCC(=O)Nc1cc(-c2cc(-c3ccccc3O)nc(N)c2C#N)ccc1N1CCC(NC(=O)C(F)(F)F)C1. The number of nitriles is 1. The molecule has 1 aromatic heterocycles. The van der Waals surface area contributed by atoms with Crippen molar-refractivity contribution < 1.29 is 32.6 Å². The summed E-state index contributed by atoms with van der Waals surface area (Å²) in [6.07, 6.45) is -4.73. The molecule has 2 amide bonds. The van der Waals surface area contributed by atoms with Crippen molar-refractivity contribution in [3.8, 4) is 34.2 Å². The molecule has 1 fully saturated rings. The first-order valence-electron chi connectivity index (χ1n) is 13.3. The number of methoxy groups -OCH3 is 1. The number of amides is 2. The zero-order valence-electron chi connectivity index (χ0n) is 23.2. The number of aromatic nitrogens is 1. The van der Waals surface area contributed by atoms with Crippen LogP contribution in [0.2, 0.25) is 0 Å². The summed E-state index contributed by atoms with van der Waals surface area (Å²) in [6.45, 7) is 1.19. The number of phenols is 1. The molecular weight excluding hydrogens is 567 g/mol. The lowest BCUT2D eigenvalue weighted by atomic mass is 9.97. The van der Waals surface area contributed by atoms with Crippen LogP contribution in [0.5, 0.6) is 5.75 Å². The number of halogens is 3. The highest BCUT2D eigenvalue weighted by atomic mass is 19.4. The topological polar surface area (TPSA) is 166 Å². The molecule has 0 saturated carbocycles. The number of phenolic OH excluding ortho intramolecular Hbond substituents is 1. The number of alkyl halides is 3. The monoisotopic (exact) mass is 597 g/mol. The lowest BCUT2D eigenvalue weighted by Gasteiger charge is -2.24. The molecule has 3 aromatic rings. The molecular formula is C29H30F3N7O4. The fourth-order valence-electron chi connectivity index (χ4n) is 4.75. The zero-order chi connectivity index (χ0) is 31.1. The van der Waals surface area contributed by atoms with E-state index in [-0.39, 0.29) is 42.5 Å². The van der Waals surface area contributed by atoms with Crippen LogP contribution in [0.1, 0.15) is 12.0 Å². The van der Waals surface area contributed by atoms with Gasteiger partial charge in [-0.25, -0.2) is 4.98 Å². The number of para-hydroxylation sites is 1. The number of hydrogen-bond donors (Lipinski definition) is 5. The molecule has 0 aliphatic carbocycles. The minimum Gasteiger partial charge on any atom is -0.507 e. The van der Waals surface area contributed by atoms with E-state index in [0.29, 0.717) is 53.5 Å². The molecule has 0 bridgehead atoms. The van der Waals surface area contributed by atoms with Crippen LogP contribution in [0.25, 0.3) is 22.4 Å². The average molecular weight is 598 g/mol. The van der Waals surface area contributed by atoms with E-state index in [1.165, 1.54) is 13.2 Å². The third-order valence-electron chi connectivity index (χ3n) is 6.81. The van der Waals surface area contributed by atoms with E-state index in [0.717, 1.165) is 0 Å². The average Bonchev–Trinajstić information content (AvgIpc) is 3.42. The van der Waals surface area contributed by atoms with Crippen LogP contribution in [0.4, 0.5) is 30.4 Å². The van der Waals surface area contributed by atoms with E-state index in [9.17, 15) is 33.1 Å². The van der Waals surface area contributed by atoms with Crippen LogP contribution in [-0.2, 0) is 14.3 Å². The summed E-state index contributed by atoms with van der Waals surface area (Å²) >= 11 is 0. The first-order chi connectivity index (χ1) is 20.5. The second-order valence-electron chi connectivity index (χ2n) is 9.80. The van der Waals surface area contributed by atoms with Crippen LogP contribution >= 0.6 is 0 Å². The highest BCUT2D eigenvalue weighted by Gasteiger charge is 2.40. The van der Waals surface area contributed by atoms with Crippen molar-refractivity contribution in [2.45, 2.75) is 18.6 Å². The van der Waals surface area contributed by atoms with E-state index in [2.05, 4.69) is 21.7 Å². The molecule has 0 spiro atoms. The maximum absolute atomic E-state index is 12.8. The second-order valence-corrected chi connectivity index (χ2v) is 9.80. The van der Waals surface area contributed by atoms with Gasteiger partial charge in [0.1, 0.15) is 23.2 Å².